The van der Waals surface area contributed by atoms with Gasteiger partial charge < -0.3 is 15.0 Å². The van der Waals surface area contributed by atoms with E-state index in [1.165, 1.54) is 24.4 Å². The van der Waals surface area contributed by atoms with Crippen molar-refractivity contribution in [3.8, 4) is 0 Å². The Morgan fingerprint density at radius 3 is 2.72 bits per heavy atom. The summed E-state index contributed by atoms with van der Waals surface area (Å²) in [6.07, 6.45) is 1.26. The van der Waals surface area contributed by atoms with E-state index in [-0.39, 0.29) is 16.5 Å². The molecule has 3 aromatic rings. The topological polar surface area (TPSA) is 74.4 Å². The van der Waals surface area contributed by atoms with E-state index in [1.807, 2.05) is 12.1 Å². The van der Waals surface area contributed by atoms with Crippen molar-refractivity contribution in [2.75, 3.05) is 26.3 Å². The van der Waals surface area contributed by atoms with Crippen LogP contribution in [0.2, 0.25) is 0 Å². The fraction of sp³-hybridized carbons (Fsp3) is 0.273. The molecule has 7 heteroatoms. The van der Waals surface area contributed by atoms with Crippen LogP contribution < -0.4 is 10.7 Å². The molecule has 2 aromatic carbocycles. The summed E-state index contributed by atoms with van der Waals surface area (Å²) < 4.78 is 19.2. The number of para-hydroxylation sites is 1. The molecular weight excluding hydrogens is 373 g/mol. The zero-order valence-corrected chi connectivity index (χ0v) is 15.9. The molecule has 1 amide bonds. The molecule has 0 radical (unpaired) electrons. The third-order valence-electron chi connectivity index (χ3n) is 5.06. The van der Waals surface area contributed by atoms with Gasteiger partial charge in [-0.1, -0.05) is 30.3 Å². The van der Waals surface area contributed by atoms with E-state index in [4.69, 9.17) is 4.74 Å². The van der Waals surface area contributed by atoms with Crippen LogP contribution >= 0.6 is 0 Å². The number of aromatic amines is 1. The number of pyridine rings is 1. The summed E-state index contributed by atoms with van der Waals surface area (Å²) in [7, 11) is 0. The molecular formula is C22H22FN3O3. The molecule has 0 unspecified atom stereocenters. The van der Waals surface area contributed by atoms with Crippen LogP contribution in [0.3, 0.4) is 0 Å². The molecule has 150 valence electrons. The normalized spacial score (nSPS) is 14.8. The van der Waals surface area contributed by atoms with Crippen molar-refractivity contribution in [3.63, 3.8) is 0 Å². The summed E-state index contributed by atoms with van der Waals surface area (Å²) in [5.41, 5.74) is 1.69. The van der Waals surface area contributed by atoms with Crippen molar-refractivity contribution in [3.05, 3.63) is 81.4 Å². The summed E-state index contributed by atoms with van der Waals surface area (Å²) in [5, 5.41) is 2.94. The van der Waals surface area contributed by atoms with Gasteiger partial charge in [0, 0.05) is 37.8 Å². The van der Waals surface area contributed by atoms with Gasteiger partial charge >= 0.3 is 0 Å². The summed E-state index contributed by atoms with van der Waals surface area (Å²) in [6.45, 7) is 4.45. The molecule has 2 N–H and O–H groups in total. The third-order valence-corrected chi connectivity index (χ3v) is 5.06. The average Bonchev–Trinajstić information content (AvgIpc) is 2.74. The molecule has 0 saturated carbocycles. The highest BCUT2D eigenvalue weighted by molar-refractivity contribution is 5.97. The van der Waals surface area contributed by atoms with E-state index in [2.05, 4.69) is 27.3 Å². The minimum absolute atomic E-state index is 0.0347. The van der Waals surface area contributed by atoms with Crippen LogP contribution in [0.5, 0.6) is 0 Å². The van der Waals surface area contributed by atoms with Crippen molar-refractivity contribution >= 4 is 16.8 Å². The Morgan fingerprint density at radius 2 is 1.90 bits per heavy atom. The standard InChI is InChI=1S/C22H22FN3O3/c23-19-6-2-5-17-20(19)24-13-18(21(17)27)22(28)25-12-15-3-1-4-16(11-15)14-26-7-9-29-10-8-26/h1-6,11,13H,7-10,12,14H2,(H,24,27)(H,25,28). The number of halogens is 1. The summed E-state index contributed by atoms with van der Waals surface area (Å²) in [6, 6.07) is 12.2. The first kappa shape index (κ1) is 19.3. The molecule has 2 heterocycles. The maximum absolute atomic E-state index is 13.8. The third kappa shape index (κ3) is 4.36. The van der Waals surface area contributed by atoms with Gasteiger partial charge in [-0.3, -0.25) is 14.5 Å². The Kier molecular flexibility index (Phi) is 5.69. The zero-order chi connectivity index (χ0) is 20.2. The molecule has 0 atom stereocenters. The van der Waals surface area contributed by atoms with Crippen molar-refractivity contribution in [2.45, 2.75) is 13.1 Å². The Balaban J connectivity index is 1.44. The SMILES string of the molecule is O=C(NCc1cccc(CN2CCOCC2)c1)c1c[nH]c2c(F)cccc2c1=O. The number of rotatable bonds is 5. The van der Waals surface area contributed by atoms with Crippen molar-refractivity contribution < 1.29 is 13.9 Å². The molecule has 4 rings (SSSR count). The predicted octanol–water partition coefficient (Wildman–Crippen LogP) is 2.43. The Bertz CT molecular complexity index is 1090. The molecule has 0 spiro atoms. The number of morpholine rings is 1. The molecule has 29 heavy (non-hydrogen) atoms. The molecule has 1 aromatic heterocycles. The second-order valence-electron chi connectivity index (χ2n) is 7.09. The number of hydrogen-bond donors (Lipinski definition) is 2. The van der Waals surface area contributed by atoms with Crippen LogP contribution in [0, 0.1) is 5.82 Å². The Labute approximate surface area is 167 Å². The molecule has 0 bridgehead atoms. The number of amides is 1. The number of fused-ring (bicyclic) bond motifs is 1. The number of nitrogens with one attached hydrogen (secondary N) is 2. The lowest BCUT2D eigenvalue weighted by Gasteiger charge is -2.26. The maximum atomic E-state index is 13.8. The number of H-pyrrole nitrogens is 1. The van der Waals surface area contributed by atoms with Gasteiger partial charge in [0.1, 0.15) is 11.4 Å². The molecule has 1 aliphatic heterocycles. The highest BCUT2D eigenvalue weighted by Gasteiger charge is 2.15. The number of aromatic nitrogens is 1. The van der Waals surface area contributed by atoms with E-state index in [0.29, 0.717) is 6.54 Å². The van der Waals surface area contributed by atoms with E-state index in [9.17, 15) is 14.0 Å². The number of ether oxygens (including phenoxy) is 1. The van der Waals surface area contributed by atoms with Gasteiger partial charge in [-0.05, 0) is 23.3 Å². The van der Waals surface area contributed by atoms with E-state index >= 15 is 0 Å². The van der Waals surface area contributed by atoms with Gasteiger partial charge in [0.2, 0.25) is 5.43 Å². The first-order valence-corrected chi connectivity index (χ1v) is 9.58. The van der Waals surface area contributed by atoms with Gasteiger partial charge in [-0.2, -0.15) is 0 Å². The second-order valence-corrected chi connectivity index (χ2v) is 7.09. The number of benzene rings is 2. The van der Waals surface area contributed by atoms with Crippen LogP contribution in [-0.2, 0) is 17.8 Å². The number of hydrogen-bond acceptors (Lipinski definition) is 4. The van der Waals surface area contributed by atoms with E-state index < -0.39 is 17.2 Å². The summed E-state index contributed by atoms with van der Waals surface area (Å²) >= 11 is 0. The van der Waals surface area contributed by atoms with Crippen LogP contribution in [0.1, 0.15) is 21.5 Å². The minimum Gasteiger partial charge on any atom is -0.379 e. The van der Waals surface area contributed by atoms with Gasteiger partial charge in [0.05, 0.1) is 18.7 Å². The van der Waals surface area contributed by atoms with Gasteiger partial charge in [-0.25, -0.2) is 4.39 Å². The quantitative estimate of drug-likeness (QED) is 0.696. The molecule has 6 nitrogen and oxygen atoms in total. The number of carbonyl (C=O) groups excluding carboxylic acids is 1. The minimum atomic E-state index is -0.524. The zero-order valence-electron chi connectivity index (χ0n) is 15.9. The lowest BCUT2D eigenvalue weighted by molar-refractivity contribution is 0.0342. The van der Waals surface area contributed by atoms with Crippen LogP contribution in [0.4, 0.5) is 4.39 Å². The Morgan fingerprint density at radius 1 is 1.14 bits per heavy atom. The lowest BCUT2D eigenvalue weighted by Crippen LogP contribution is -2.35. The maximum Gasteiger partial charge on any atom is 0.257 e. The first-order valence-electron chi connectivity index (χ1n) is 9.58. The number of carbonyl (C=O) groups is 1. The van der Waals surface area contributed by atoms with E-state index in [0.717, 1.165) is 44.0 Å². The lowest BCUT2D eigenvalue weighted by atomic mass is 10.1. The molecule has 1 fully saturated rings. The average molecular weight is 395 g/mol. The highest BCUT2D eigenvalue weighted by atomic mass is 19.1. The van der Waals surface area contributed by atoms with Gasteiger partial charge in [0.25, 0.3) is 5.91 Å². The van der Waals surface area contributed by atoms with Crippen LogP contribution in [0.15, 0.2) is 53.5 Å². The fourth-order valence-electron chi connectivity index (χ4n) is 3.52. The Hall–Kier alpha value is -3.03. The van der Waals surface area contributed by atoms with Crippen molar-refractivity contribution in [2.24, 2.45) is 0 Å². The summed E-state index contributed by atoms with van der Waals surface area (Å²) in [5.74, 6) is -1.01. The van der Waals surface area contributed by atoms with Crippen molar-refractivity contribution in [1.82, 2.24) is 15.2 Å². The van der Waals surface area contributed by atoms with Gasteiger partial charge in [-0.15, -0.1) is 0 Å². The fourth-order valence-corrected chi connectivity index (χ4v) is 3.52. The molecule has 0 aliphatic carbocycles. The van der Waals surface area contributed by atoms with Crippen LogP contribution in [0.25, 0.3) is 10.9 Å². The first-order chi connectivity index (χ1) is 14.1. The monoisotopic (exact) mass is 395 g/mol. The smallest absolute Gasteiger partial charge is 0.257 e. The predicted molar refractivity (Wildman–Crippen MR) is 108 cm³/mol. The van der Waals surface area contributed by atoms with Crippen LogP contribution in [-0.4, -0.2) is 42.1 Å². The van der Waals surface area contributed by atoms with Gasteiger partial charge in [0.15, 0.2) is 0 Å². The highest BCUT2D eigenvalue weighted by Crippen LogP contribution is 2.13. The largest absolute Gasteiger partial charge is 0.379 e. The molecule has 1 saturated heterocycles. The van der Waals surface area contributed by atoms with E-state index in [1.54, 1.807) is 0 Å². The molecule has 1 aliphatic rings. The summed E-state index contributed by atoms with van der Waals surface area (Å²) in [4.78, 5) is 30.1. The van der Waals surface area contributed by atoms with Crippen molar-refractivity contribution in [1.29, 1.82) is 0 Å². The second kappa shape index (κ2) is 8.55. The number of nitrogens with zero attached hydrogens (tertiary/aromatic N) is 1.